The monoisotopic (exact) mass is 204 g/mol. The highest BCUT2D eigenvalue weighted by Crippen LogP contribution is 2.28. The average Bonchev–Trinajstić information content (AvgIpc) is 2.12. The van der Waals surface area contributed by atoms with Crippen molar-refractivity contribution in [1.29, 1.82) is 0 Å². The molecular weight excluding hydrogens is 194 g/mol. The lowest BCUT2D eigenvalue weighted by molar-refractivity contribution is 0.528. The van der Waals surface area contributed by atoms with Crippen LogP contribution in [0.3, 0.4) is 0 Å². The van der Waals surface area contributed by atoms with Crippen LogP contribution in [0.2, 0.25) is 5.02 Å². The van der Waals surface area contributed by atoms with Crippen molar-refractivity contribution in [2.24, 2.45) is 0 Å². The average molecular weight is 205 g/mol. The van der Waals surface area contributed by atoms with Crippen molar-refractivity contribution in [3.63, 3.8) is 0 Å². The Hall–Kier alpha value is -0.630. The van der Waals surface area contributed by atoms with Crippen LogP contribution in [0, 0.1) is 11.6 Å². The summed E-state index contributed by atoms with van der Waals surface area (Å²) >= 11 is 5.55. The van der Waals surface area contributed by atoms with Gasteiger partial charge in [-0.3, -0.25) is 0 Å². The van der Waals surface area contributed by atoms with Gasteiger partial charge in [-0.25, -0.2) is 8.78 Å². The Balaban J connectivity index is 3.25. The van der Waals surface area contributed by atoms with Crippen LogP contribution in [0.4, 0.5) is 8.78 Å². The van der Waals surface area contributed by atoms with E-state index in [1.54, 1.807) is 6.92 Å². The molecule has 1 aromatic carbocycles. The first kappa shape index (κ1) is 10.5. The maximum Gasteiger partial charge on any atom is 0.148 e. The minimum absolute atomic E-state index is 0.0169. The summed E-state index contributed by atoms with van der Waals surface area (Å²) in [6, 6.07) is 2.44. The van der Waals surface area contributed by atoms with Gasteiger partial charge in [0.1, 0.15) is 11.6 Å². The van der Waals surface area contributed by atoms with Crippen molar-refractivity contribution in [2.45, 2.75) is 26.2 Å². The molecule has 0 aliphatic heterocycles. The van der Waals surface area contributed by atoms with Gasteiger partial charge in [0.2, 0.25) is 0 Å². The number of hydrogen-bond donors (Lipinski definition) is 0. The van der Waals surface area contributed by atoms with Crippen LogP contribution >= 0.6 is 11.6 Å². The first-order valence-electron chi connectivity index (χ1n) is 4.21. The van der Waals surface area contributed by atoms with E-state index in [4.69, 9.17) is 11.6 Å². The quantitative estimate of drug-likeness (QED) is 0.636. The zero-order chi connectivity index (χ0) is 10.0. The highest BCUT2D eigenvalue weighted by atomic mass is 35.5. The Morgan fingerprint density at radius 1 is 1.38 bits per heavy atom. The zero-order valence-corrected chi connectivity index (χ0v) is 8.33. The minimum Gasteiger partial charge on any atom is -0.207 e. The van der Waals surface area contributed by atoms with Crippen LogP contribution in [0.1, 0.15) is 31.7 Å². The molecule has 1 unspecified atom stereocenters. The van der Waals surface area contributed by atoms with Gasteiger partial charge in [0.25, 0.3) is 0 Å². The van der Waals surface area contributed by atoms with Gasteiger partial charge in [0.15, 0.2) is 0 Å². The summed E-state index contributed by atoms with van der Waals surface area (Å²) in [7, 11) is 0. The molecule has 0 aromatic heterocycles. The number of benzene rings is 1. The van der Waals surface area contributed by atoms with E-state index in [1.807, 2.05) is 6.92 Å². The van der Waals surface area contributed by atoms with Crippen LogP contribution in [0.25, 0.3) is 0 Å². The van der Waals surface area contributed by atoms with E-state index in [0.29, 0.717) is 6.42 Å². The fourth-order valence-corrected chi connectivity index (χ4v) is 1.36. The molecule has 0 N–H and O–H groups in total. The third kappa shape index (κ3) is 1.99. The van der Waals surface area contributed by atoms with Crippen LogP contribution in [0.15, 0.2) is 12.1 Å². The molecule has 0 aliphatic carbocycles. The molecule has 0 heterocycles. The maximum absolute atomic E-state index is 13.3. The van der Waals surface area contributed by atoms with Crippen molar-refractivity contribution in [2.75, 3.05) is 0 Å². The number of hydrogen-bond acceptors (Lipinski definition) is 0. The first-order valence-corrected chi connectivity index (χ1v) is 4.59. The Morgan fingerprint density at radius 2 is 2.00 bits per heavy atom. The molecule has 72 valence electrons. The van der Waals surface area contributed by atoms with E-state index >= 15 is 0 Å². The lowest BCUT2D eigenvalue weighted by Crippen LogP contribution is -2.00. The lowest BCUT2D eigenvalue weighted by Gasteiger charge is -2.11. The molecule has 0 saturated carbocycles. The van der Waals surface area contributed by atoms with E-state index in [9.17, 15) is 8.78 Å². The van der Waals surface area contributed by atoms with Crippen molar-refractivity contribution in [1.82, 2.24) is 0 Å². The Bertz CT molecular complexity index is 310. The summed E-state index contributed by atoms with van der Waals surface area (Å²) in [6.07, 6.45) is 0.689. The van der Waals surface area contributed by atoms with E-state index in [-0.39, 0.29) is 16.5 Å². The molecule has 3 heteroatoms. The summed E-state index contributed by atoms with van der Waals surface area (Å²) in [6.45, 7) is 3.66. The second-order valence-corrected chi connectivity index (χ2v) is 3.47. The first-order chi connectivity index (χ1) is 6.07. The maximum atomic E-state index is 13.3. The van der Waals surface area contributed by atoms with Gasteiger partial charge in [-0.1, -0.05) is 25.4 Å². The lowest BCUT2D eigenvalue weighted by atomic mass is 9.97. The molecule has 0 radical (unpaired) electrons. The third-order valence-electron chi connectivity index (χ3n) is 2.18. The summed E-state index contributed by atoms with van der Waals surface area (Å²) in [4.78, 5) is 0. The predicted octanol–water partition coefficient (Wildman–Crippen LogP) is 4.13. The van der Waals surface area contributed by atoms with Crippen LogP contribution in [-0.4, -0.2) is 0 Å². The Labute approximate surface area is 81.5 Å². The second-order valence-electron chi connectivity index (χ2n) is 3.07. The van der Waals surface area contributed by atoms with E-state index in [1.165, 1.54) is 12.1 Å². The van der Waals surface area contributed by atoms with Gasteiger partial charge < -0.3 is 0 Å². The molecule has 0 spiro atoms. The molecular formula is C10H11ClF2. The van der Waals surface area contributed by atoms with Crippen molar-refractivity contribution >= 4 is 11.6 Å². The van der Waals surface area contributed by atoms with Crippen molar-refractivity contribution in [3.8, 4) is 0 Å². The third-order valence-corrected chi connectivity index (χ3v) is 2.48. The number of rotatable bonds is 2. The smallest absolute Gasteiger partial charge is 0.148 e. The molecule has 0 bridgehead atoms. The summed E-state index contributed by atoms with van der Waals surface area (Å²) in [5.74, 6) is -1.29. The van der Waals surface area contributed by atoms with Gasteiger partial charge in [-0.2, -0.15) is 0 Å². The Morgan fingerprint density at radius 3 is 2.54 bits per heavy atom. The van der Waals surface area contributed by atoms with Crippen LogP contribution in [0.5, 0.6) is 0 Å². The van der Waals surface area contributed by atoms with E-state index in [0.717, 1.165) is 0 Å². The van der Waals surface area contributed by atoms with Gasteiger partial charge in [0.05, 0.1) is 5.02 Å². The summed E-state index contributed by atoms with van der Waals surface area (Å²) in [5.41, 5.74) is 0.0926. The summed E-state index contributed by atoms with van der Waals surface area (Å²) in [5, 5.41) is -0.0169. The molecule has 13 heavy (non-hydrogen) atoms. The minimum atomic E-state index is -0.629. The molecule has 0 amide bonds. The predicted molar refractivity (Wildman–Crippen MR) is 50.1 cm³/mol. The van der Waals surface area contributed by atoms with Crippen LogP contribution in [-0.2, 0) is 0 Å². The number of halogens is 3. The normalized spacial score (nSPS) is 13.0. The SMILES string of the molecule is CCC(C)c1c(F)ccc(Cl)c1F. The van der Waals surface area contributed by atoms with E-state index in [2.05, 4.69) is 0 Å². The van der Waals surface area contributed by atoms with Gasteiger partial charge >= 0.3 is 0 Å². The van der Waals surface area contributed by atoms with Crippen molar-refractivity contribution in [3.05, 3.63) is 34.4 Å². The molecule has 0 saturated heterocycles. The van der Waals surface area contributed by atoms with Crippen LogP contribution < -0.4 is 0 Å². The molecule has 1 atom stereocenters. The fourth-order valence-electron chi connectivity index (χ4n) is 1.20. The van der Waals surface area contributed by atoms with E-state index < -0.39 is 11.6 Å². The second kappa shape index (κ2) is 4.05. The molecule has 1 aromatic rings. The van der Waals surface area contributed by atoms with Crippen molar-refractivity contribution < 1.29 is 8.78 Å². The largest absolute Gasteiger partial charge is 0.207 e. The zero-order valence-electron chi connectivity index (χ0n) is 7.57. The van der Waals surface area contributed by atoms with Gasteiger partial charge in [-0.05, 0) is 24.5 Å². The fraction of sp³-hybridized carbons (Fsp3) is 0.400. The topological polar surface area (TPSA) is 0 Å². The highest BCUT2D eigenvalue weighted by molar-refractivity contribution is 6.30. The summed E-state index contributed by atoms with van der Waals surface area (Å²) < 4.78 is 26.5. The standard InChI is InChI=1S/C10H11ClF2/c1-3-6(2)9-8(12)5-4-7(11)10(9)13/h4-6H,3H2,1-2H3. The Kier molecular flexibility index (Phi) is 3.26. The molecule has 0 fully saturated rings. The van der Waals surface area contributed by atoms with Gasteiger partial charge in [0, 0.05) is 5.56 Å². The van der Waals surface area contributed by atoms with Gasteiger partial charge in [-0.15, -0.1) is 0 Å². The molecule has 0 aliphatic rings. The molecule has 1 rings (SSSR count). The molecule has 0 nitrogen and oxygen atoms in total. The highest BCUT2D eigenvalue weighted by Gasteiger charge is 2.16.